The Morgan fingerprint density at radius 3 is 2.63 bits per heavy atom. The van der Waals surface area contributed by atoms with Gasteiger partial charge in [0.2, 0.25) is 6.79 Å². The van der Waals surface area contributed by atoms with Crippen molar-refractivity contribution < 1.29 is 33.5 Å². The summed E-state index contributed by atoms with van der Waals surface area (Å²) in [4.78, 5) is 35.0. The summed E-state index contributed by atoms with van der Waals surface area (Å²) < 4.78 is 20.5. The van der Waals surface area contributed by atoms with Gasteiger partial charge in [0, 0.05) is 6.08 Å². The zero-order chi connectivity index (χ0) is 21.7. The molecule has 10 heteroatoms. The number of nitrogens with one attached hydrogen (secondary N) is 1. The molecule has 30 heavy (non-hydrogen) atoms. The fraction of sp³-hybridized carbons (Fsp3) is 0.200. The lowest BCUT2D eigenvalue weighted by Crippen LogP contribution is -2.29. The van der Waals surface area contributed by atoms with E-state index in [2.05, 4.69) is 5.32 Å². The maximum atomic E-state index is 12.3. The number of carbonyl (C=O) groups excluding carboxylic acids is 2. The Labute approximate surface area is 171 Å². The molecular weight excluding hydrogens is 396 g/mol. The summed E-state index contributed by atoms with van der Waals surface area (Å²) in [5.74, 6) is -0.361. The van der Waals surface area contributed by atoms with E-state index in [1.165, 1.54) is 32.2 Å². The number of benzene rings is 2. The minimum atomic E-state index is -1.11. The molecule has 0 radical (unpaired) electrons. The molecule has 3 rings (SSSR count). The van der Waals surface area contributed by atoms with Gasteiger partial charge in [0.1, 0.15) is 5.75 Å². The van der Waals surface area contributed by atoms with Gasteiger partial charge in [-0.15, -0.1) is 0 Å². The van der Waals surface area contributed by atoms with E-state index in [0.717, 1.165) is 6.08 Å². The molecule has 1 N–H and O–H groups in total. The lowest BCUT2D eigenvalue weighted by Gasteiger charge is -2.14. The highest BCUT2D eigenvalue weighted by atomic mass is 16.7. The number of nitro groups is 1. The second-order valence-corrected chi connectivity index (χ2v) is 6.12. The highest BCUT2D eigenvalue weighted by Gasteiger charge is 2.23. The van der Waals surface area contributed by atoms with Crippen molar-refractivity contribution in [2.75, 3.05) is 19.2 Å². The summed E-state index contributed by atoms with van der Waals surface area (Å²) in [6.07, 6.45) is 1.10. The molecule has 1 amide bonds. The molecular formula is C20H18N2O8. The molecule has 2 aromatic carbocycles. The average Bonchev–Trinajstić information content (AvgIpc) is 3.19. The molecule has 156 valence electrons. The predicted octanol–water partition coefficient (Wildman–Crippen LogP) is 2.92. The maximum absolute atomic E-state index is 12.3. The summed E-state index contributed by atoms with van der Waals surface area (Å²) in [5, 5.41) is 13.9. The van der Waals surface area contributed by atoms with Gasteiger partial charge in [-0.05, 0) is 31.2 Å². The predicted molar refractivity (Wildman–Crippen MR) is 105 cm³/mol. The lowest BCUT2D eigenvalue weighted by atomic mass is 10.1. The second kappa shape index (κ2) is 8.95. The van der Waals surface area contributed by atoms with Crippen LogP contribution in [-0.2, 0) is 14.3 Å². The molecule has 0 saturated carbocycles. The number of anilines is 1. The Morgan fingerprint density at radius 2 is 1.93 bits per heavy atom. The molecule has 0 aliphatic carbocycles. The minimum Gasteiger partial charge on any atom is -0.495 e. The van der Waals surface area contributed by atoms with E-state index in [1.807, 2.05) is 0 Å². The van der Waals surface area contributed by atoms with Gasteiger partial charge in [0.05, 0.1) is 29.4 Å². The number of hydrogen-bond acceptors (Lipinski definition) is 8. The third-order valence-corrected chi connectivity index (χ3v) is 4.14. The summed E-state index contributed by atoms with van der Waals surface area (Å²) in [7, 11) is 1.47. The number of methoxy groups -OCH3 is 1. The fourth-order valence-electron chi connectivity index (χ4n) is 2.65. The van der Waals surface area contributed by atoms with Crippen LogP contribution in [0, 0.1) is 10.1 Å². The van der Waals surface area contributed by atoms with Gasteiger partial charge in [-0.3, -0.25) is 14.9 Å². The molecule has 1 heterocycles. The van der Waals surface area contributed by atoms with Crippen molar-refractivity contribution in [3.63, 3.8) is 0 Å². The Balaban J connectivity index is 1.66. The van der Waals surface area contributed by atoms with Crippen LogP contribution >= 0.6 is 0 Å². The number of amides is 1. The number of ether oxygens (including phenoxy) is 4. The first-order chi connectivity index (χ1) is 14.4. The van der Waals surface area contributed by atoms with Crippen molar-refractivity contribution in [1.29, 1.82) is 0 Å². The van der Waals surface area contributed by atoms with Crippen LogP contribution in [0.1, 0.15) is 12.5 Å². The van der Waals surface area contributed by atoms with E-state index < -0.39 is 22.9 Å². The quantitative estimate of drug-likeness (QED) is 0.317. The van der Waals surface area contributed by atoms with E-state index in [0.29, 0.717) is 17.2 Å². The van der Waals surface area contributed by atoms with Gasteiger partial charge < -0.3 is 24.3 Å². The van der Waals surface area contributed by atoms with Crippen molar-refractivity contribution in [1.82, 2.24) is 0 Å². The van der Waals surface area contributed by atoms with Crippen molar-refractivity contribution in [3.8, 4) is 17.2 Å². The van der Waals surface area contributed by atoms with E-state index in [-0.39, 0.29) is 23.8 Å². The summed E-state index contributed by atoms with van der Waals surface area (Å²) >= 11 is 0. The van der Waals surface area contributed by atoms with E-state index in [4.69, 9.17) is 18.9 Å². The minimum absolute atomic E-state index is 0.0411. The molecule has 1 atom stereocenters. The van der Waals surface area contributed by atoms with Gasteiger partial charge in [-0.1, -0.05) is 12.1 Å². The van der Waals surface area contributed by atoms with Gasteiger partial charge in [0.15, 0.2) is 17.6 Å². The van der Waals surface area contributed by atoms with Crippen LogP contribution in [0.2, 0.25) is 0 Å². The maximum Gasteiger partial charge on any atom is 0.331 e. The van der Waals surface area contributed by atoms with E-state index in [9.17, 15) is 19.7 Å². The SMILES string of the molecule is COc1ccccc1NC(=O)[C@H](C)OC(=O)/C=C/c1cc2c(cc1[N+](=O)[O-])OCO2. The summed E-state index contributed by atoms with van der Waals surface area (Å²) in [6, 6.07) is 9.39. The number of nitro benzene ring substituents is 1. The fourth-order valence-corrected chi connectivity index (χ4v) is 2.65. The zero-order valence-electron chi connectivity index (χ0n) is 16.1. The van der Waals surface area contributed by atoms with Gasteiger partial charge >= 0.3 is 5.97 Å². The van der Waals surface area contributed by atoms with Crippen LogP contribution in [0.5, 0.6) is 17.2 Å². The lowest BCUT2D eigenvalue weighted by molar-refractivity contribution is -0.385. The van der Waals surface area contributed by atoms with E-state index >= 15 is 0 Å². The monoisotopic (exact) mass is 414 g/mol. The summed E-state index contributed by atoms with van der Waals surface area (Å²) in [6.45, 7) is 1.36. The summed E-state index contributed by atoms with van der Waals surface area (Å²) in [5.41, 5.74) is 0.303. The van der Waals surface area contributed by atoms with Gasteiger partial charge in [-0.2, -0.15) is 0 Å². The van der Waals surface area contributed by atoms with Gasteiger partial charge in [-0.25, -0.2) is 4.79 Å². The number of hydrogen-bond donors (Lipinski definition) is 1. The highest BCUT2D eigenvalue weighted by molar-refractivity contribution is 5.97. The normalized spacial score (nSPS) is 13.0. The van der Waals surface area contributed by atoms with Crippen LogP contribution in [0.4, 0.5) is 11.4 Å². The molecule has 0 aromatic heterocycles. The number of fused-ring (bicyclic) bond motifs is 1. The first-order valence-electron chi connectivity index (χ1n) is 8.79. The van der Waals surface area contributed by atoms with Crippen LogP contribution in [0.3, 0.4) is 0 Å². The number of rotatable bonds is 7. The number of nitrogens with zero attached hydrogens (tertiary/aromatic N) is 1. The smallest absolute Gasteiger partial charge is 0.331 e. The van der Waals surface area contributed by atoms with Crippen LogP contribution in [0.25, 0.3) is 6.08 Å². The van der Waals surface area contributed by atoms with Crippen molar-refractivity contribution in [2.45, 2.75) is 13.0 Å². The Bertz CT molecular complexity index is 1020. The Kier molecular flexibility index (Phi) is 6.16. The first-order valence-corrected chi connectivity index (χ1v) is 8.79. The standard InChI is InChI=1S/C20H18N2O8/c1-12(20(24)21-14-5-3-4-6-16(14)27-2)30-19(23)8-7-13-9-17-18(29-11-28-17)10-15(13)22(25)26/h3-10,12H,11H2,1-2H3,(H,21,24)/b8-7+/t12-/m0/s1. The van der Waals surface area contributed by atoms with E-state index in [1.54, 1.807) is 24.3 Å². The molecule has 1 aliphatic heterocycles. The van der Waals surface area contributed by atoms with Crippen LogP contribution in [0.15, 0.2) is 42.5 Å². The molecule has 0 bridgehead atoms. The number of esters is 1. The number of carbonyl (C=O) groups is 2. The second-order valence-electron chi connectivity index (χ2n) is 6.12. The molecule has 10 nitrogen and oxygen atoms in total. The Hall–Kier alpha value is -4.08. The topological polar surface area (TPSA) is 126 Å². The third kappa shape index (κ3) is 4.66. The zero-order valence-corrected chi connectivity index (χ0v) is 16.1. The van der Waals surface area contributed by atoms with Crippen LogP contribution in [-0.4, -0.2) is 36.8 Å². The third-order valence-electron chi connectivity index (χ3n) is 4.14. The first kappa shape index (κ1) is 20.6. The molecule has 0 fully saturated rings. The molecule has 0 saturated heterocycles. The largest absolute Gasteiger partial charge is 0.495 e. The highest BCUT2D eigenvalue weighted by Crippen LogP contribution is 2.38. The Morgan fingerprint density at radius 1 is 1.23 bits per heavy atom. The van der Waals surface area contributed by atoms with Crippen molar-refractivity contribution >= 4 is 29.3 Å². The molecule has 2 aromatic rings. The van der Waals surface area contributed by atoms with Crippen LogP contribution < -0.4 is 19.5 Å². The van der Waals surface area contributed by atoms with Gasteiger partial charge in [0.25, 0.3) is 11.6 Å². The molecule has 0 spiro atoms. The number of para-hydroxylation sites is 2. The van der Waals surface area contributed by atoms with Crippen molar-refractivity contribution in [2.24, 2.45) is 0 Å². The average molecular weight is 414 g/mol. The van der Waals surface area contributed by atoms with Crippen molar-refractivity contribution in [3.05, 3.63) is 58.2 Å². The molecule has 0 unspecified atom stereocenters. The molecule has 1 aliphatic rings.